The van der Waals surface area contributed by atoms with E-state index in [0.29, 0.717) is 37.6 Å². The monoisotopic (exact) mass is 380 g/mol. The topological polar surface area (TPSA) is 74.8 Å². The van der Waals surface area contributed by atoms with Gasteiger partial charge in [0.1, 0.15) is 11.9 Å². The molecular weight excluding hydrogens is 356 g/mol. The van der Waals surface area contributed by atoms with E-state index < -0.39 is 12.1 Å². The molecule has 0 unspecified atom stereocenters. The fourth-order valence-corrected chi connectivity index (χ4v) is 3.91. The quantitative estimate of drug-likeness (QED) is 0.643. The second kappa shape index (κ2) is 8.14. The van der Waals surface area contributed by atoms with Crippen LogP contribution in [0.4, 0.5) is 0 Å². The first-order valence-electron chi connectivity index (χ1n) is 9.44. The molecule has 0 aliphatic carbocycles. The molecule has 1 aliphatic rings. The maximum absolute atomic E-state index is 13.3. The number of ether oxygens (including phenoxy) is 2. The number of hydrogen-bond donors (Lipinski definition) is 2. The Morgan fingerprint density at radius 2 is 1.86 bits per heavy atom. The van der Waals surface area contributed by atoms with E-state index in [0.717, 1.165) is 16.5 Å². The van der Waals surface area contributed by atoms with Crippen LogP contribution in [0.1, 0.15) is 22.0 Å². The van der Waals surface area contributed by atoms with Crippen LogP contribution in [0.15, 0.2) is 54.7 Å². The van der Waals surface area contributed by atoms with Gasteiger partial charge >= 0.3 is 0 Å². The summed E-state index contributed by atoms with van der Waals surface area (Å²) in [7, 11) is 1.60. The Morgan fingerprint density at radius 1 is 1.14 bits per heavy atom. The number of aromatic amines is 1. The summed E-state index contributed by atoms with van der Waals surface area (Å²) in [5.74, 6) is 0.351. The number of aromatic nitrogens is 1. The number of Topliss-reactive ketones (excluding diaryl/α,β-unsaturated/α-hetero) is 1. The highest BCUT2D eigenvalue weighted by atomic mass is 16.5. The maximum atomic E-state index is 13.3. The minimum Gasteiger partial charge on any atom is -0.496 e. The van der Waals surface area contributed by atoms with Crippen molar-refractivity contribution in [2.75, 3.05) is 33.4 Å². The number of carbonyl (C=O) groups is 1. The van der Waals surface area contributed by atoms with Gasteiger partial charge in [-0.3, -0.25) is 9.69 Å². The van der Waals surface area contributed by atoms with Crippen LogP contribution in [0, 0.1) is 0 Å². The van der Waals surface area contributed by atoms with E-state index >= 15 is 0 Å². The largest absolute Gasteiger partial charge is 0.496 e. The highest BCUT2D eigenvalue weighted by Crippen LogP contribution is 2.34. The summed E-state index contributed by atoms with van der Waals surface area (Å²) in [6, 6.07) is 14.6. The van der Waals surface area contributed by atoms with Crippen molar-refractivity contribution in [1.82, 2.24) is 9.88 Å². The fraction of sp³-hybridized carbons (Fsp3) is 0.318. The Bertz CT molecular complexity index is 962. The molecule has 0 spiro atoms. The zero-order valence-corrected chi connectivity index (χ0v) is 15.8. The molecule has 1 aromatic heterocycles. The van der Waals surface area contributed by atoms with Crippen LogP contribution in [-0.2, 0) is 4.74 Å². The number of para-hydroxylation sites is 2. The summed E-state index contributed by atoms with van der Waals surface area (Å²) in [6.45, 7) is 2.42. The second-order valence-corrected chi connectivity index (χ2v) is 6.89. The van der Waals surface area contributed by atoms with Gasteiger partial charge < -0.3 is 19.6 Å². The minimum atomic E-state index is -1.23. The summed E-state index contributed by atoms with van der Waals surface area (Å²) in [5, 5.41) is 12.0. The molecule has 1 saturated heterocycles. The molecule has 2 N–H and O–H groups in total. The summed E-state index contributed by atoms with van der Waals surface area (Å²) in [5.41, 5.74) is 2.17. The SMILES string of the molecule is COc1ccccc1[C@H]([C@H](O)C(=O)c1c[nH]c2ccccc12)N1CCOCC1. The van der Waals surface area contributed by atoms with Crippen LogP contribution < -0.4 is 4.74 Å². The third kappa shape index (κ3) is 3.42. The van der Waals surface area contributed by atoms with Crippen LogP contribution in [-0.4, -0.2) is 60.3 Å². The van der Waals surface area contributed by atoms with Crippen LogP contribution in [0.5, 0.6) is 5.75 Å². The average molecular weight is 380 g/mol. The van der Waals surface area contributed by atoms with Crippen LogP contribution >= 0.6 is 0 Å². The Labute approximate surface area is 163 Å². The van der Waals surface area contributed by atoms with E-state index in [1.807, 2.05) is 48.5 Å². The Balaban J connectivity index is 1.74. The van der Waals surface area contributed by atoms with E-state index in [9.17, 15) is 9.90 Å². The van der Waals surface area contributed by atoms with Gasteiger partial charge in [-0.2, -0.15) is 0 Å². The number of nitrogens with zero attached hydrogens (tertiary/aromatic N) is 1. The molecule has 6 nitrogen and oxygen atoms in total. The lowest BCUT2D eigenvalue weighted by atomic mass is 9.92. The zero-order chi connectivity index (χ0) is 19.5. The minimum absolute atomic E-state index is 0.306. The fourth-order valence-electron chi connectivity index (χ4n) is 3.91. The molecule has 2 heterocycles. The van der Waals surface area contributed by atoms with Gasteiger partial charge in [0.25, 0.3) is 0 Å². The molecule has 3 aromatic rings. The number of rotatable bonds is 6. The molecule has 0 radical (unpaired) electrons. The first-order chi connectivity index (χ1) is 13.7. The molecule has 0 bridgehead atoms. The highest BCUT2D eigenvalue weighted by Gasteiger charge is 2.36. The Hall–Kier alpha value is -2.67. The molecule has 6 heteroatoms. The highest BCUT2D eigenvalue weighted by molar-refractivity contribution is 6.10. The second-order valence-electron chi connectivity index (χ2n) is 6.89. The van der Waals surface area contributed by atoms with E-state index in [1.165, 1.54) is 0 Å². The lowest BCUT2D eigenvalue weighted by Gasteiger charge is -2.37. The first-order valence-corrected chi connectivity index (χ1v) is 9.44. The number of aliphatic hydroxyl groups excluding tert-OH is 1. The number of benzene rings is 2. The number of H-pyrrole nitrogens is 1. The summed E-state index contributed by atoms with van der Waals surface area (Å²) < 4.78 is 11.0. The normalized spacial score (nSPS) is 17.4. The smallest absolute Gasteiger partial charge is 0.195 e. The molecule has 4 rings (SSSR count). The average Bonchev–Trinajstić information content (AvgIpc) is 3.18. The number of ketones is 1. The number of fused-ring (bicyclic) bond motifs is 1. The van der Waals surface area contributed by atoms with Crippen molar-refractivity contribution in [2.45, 2.75) is 12.1 Å². The maximum Gasteiger partial charge on any atom is 0.195 e. The summed E-state index contributed by atoms with van der Waals surface area (Å²) in [4.78, 5) is 18.5. The lowest BCUT2D eigenvalue weighted by Crippen LogP contribution is -2.46. The van der Waals surface area contributed by atoms with Gasteiger partial charge in [-0.25, -0.2) is 0 Å². The molecule has 146 valence electrons. The third-order valence-corrected chi connectivity index (χ3v) is 5.32. The number of nitrogens with one attached hydrogen (secondary N) is 1. The van der Waals surface area contributed by atoms with Crippen molar-refractivity contribution in [3.05, 3.63) is 65.9 Å². The first kappa shape index (κ1) is 18.7. The van der Waals surface area contributed by atoms with Crippen LogP contribution in [0.25, 0.3) is 10.9 Å². The van der Waals surface area contributed by atoms with E-state index in [4.69, 9.17) is 9.47 Å². The van der Waals surface area contributed by atoms with Gasteiger partial charge in [-0.15, -0.1) is 0 Å². The standard InChI is InChI=1S/C22H24N2O4/c1-27-19-9-5-3-7-16(19)20(24-10-12-28-13-11-24)22(26)21(25)17-14-23-18-8-4-2-6-15(17)18/h2-9,14,20,22-23,26H,10-13H2,1H3/t20-,22+/m1/s1. The molecule has 2 atom stereocenters. The van der Waals surface area contributed by atoms with Crippen molar-refractivity contribution in [3.8, 4) is 5.75 Å². The van der Waals surface area contributed by atoms with Gasteiger partial charge in [0.15, 0.2) is 5.78 Å². The van der Waals surface area contributed by atoms with Crippen molar-refractivity contribution in [1.29, 1.82) is 0 Å². The van der Waals surface area contributed by atoms with Gasteiger partial charge in [-0.1, -0.05) is 36.4 Å². The van der Waals surface area contributed by atoms with Crippen molar-refractivity contribution in [3.63, 3.8) is 0 Å². The van der Waals surface area contributed by atoms with Gasteiger partial charge in [0, 0.05) is 41.3 Å². The zero-order valence-electron chi connectivity index (χ0n) is 15.8. The van der Waals surface area contributed by atoms with E-state index in [-0.39, 0.29) is 5.78 Å². The van der Waals surface area contributed by atoms with Gasteiger partial charge in [-0.05, 0) is 12.1 Å². The molecule has 0 saturated carbocycles. The van der Waals surface area contributed by atoms with Gasteiger partial charge in [0.05, 0.1) is 26.4 Å². The molecule has 28 heavy (non-hydrogen) atoms. The molecule has 0 amide bonds. The number of methoxy groups -OCH3 is 1. The van der Waals surface area contributed by atoms with Crippen molar-refractivity contribution >= 4 is 16.7 Å². The van der Waals surface area contributed by atoms with Crippen molar-refractivity contribution < 1.29 is 19.4 Å². The van der Waals surface area contributed by atoms with Crippen LogP contribution in [0.2, 0.25) is 0 Å². The number of aliphatic hydroxyl groups is 1. The van der Waals surface area contributed by atoms with E-state index in [1.54, 1.807) is 13.3 Å². The molecule has 2 aromatic carbocycles. The number of hydrogen-bond acceptors (Lipinski definition) is 5. The number of carbonyl (C=O) groups excluding carboxylic acids is 1. The predicted octanol–water partition coefficient (Wildman–Crippen LogP) is 2.79. The molecule has 1 aliphatic heterocycles. The van der Waals surface area contributed by atoms with Gasteiger partial charge in [0.2, 0.25) is 0 Å². The predicted molar refractivity (Wildman–Crippen MR) is 107 cm³/mol. The Kier molecular flexibility index (Phi) is 5.43. The third-order valence-electron chi connectivity index (χ3n) is 5.32. The lowest BCUT2D eigenvalue weighted by molar-refractivity contribution is -0.0178. The molecular formula is C22H24N2O4. The number of morpholine rings is 1. The summed E-state index contributed by atoms with van der Waals surface area (Å²) in [6.07, 6.45) is 0.447. The van der Waals surface area contributed by atoms with E-state index in [2.05, 4.69) is 9.88 Å². The molecule has 1 fully saturated rings. The van der Waals surface area contributed by atoms with Crippen LogP contribution in [0.3, 0.4) is 0 Å². The van der Waals surface area contributed by atoms with Crippen molar-refractivity contribution in [2.24, 2.45) is 0 Å². The summed E-state index contributed by atoms with van der Waals surface area (Å²) >= 11 is 0. The Morgan fingerprint density at radius 3 is 2.64 bits per heavy atom.